The Kier molecular flexibility index (Phi) is 5.17. The van der Waals surface area contributed by atoms with E-state index in [1.54, 1.807) is 24.3 Å². The fraction of sp³-hybridized carbons (Fsp3) is 0.143. The van der Waals surface area contributed by atoms with E-state index in [1.165, 1.54) is 23.2 Å². The van der Waals surface area contributed by atoms with Gasteiger partial charge in [-0.2, -0.15) is 4.57 Å². The van der Waals surface area contributed by atoms with Gasteiger partial charge in [0.05, 0.1) is 6.20 Å². The van der Waals surface area contributed by atoms with Crippen LogP contribution in [0.2, 0.25) is 0 Å². The van der Waals surface area contributed by atoms with Gasteiger partial charge in [0.25, 0.3) is 0 Å². The van der Waals surface area contributed by atoms with Crippen molar-refractivity contribution in [3.8, 4) is 0 Å². The number of carbonyl (C=O) groups is 2. The molecule has 1 heterocycles. The number of nitrogens with zero attached hydrogens (tertiary/aromatic N) is 5. The summed E-state index contributed by atoms with van der Waals surface area (Å²) >= 11 is 0. The lowest BCUT2D eigenvalue weighted by Gasteiger charge is -2.02. The Morgan fingerprint density at radius 2 is 2.09 bits per heavy atom. The molecule has 110 valence electrons. The number of Topliss-reactive ketones (excluding diaryl/α,β-unsaturated/α-hetero) is 1. The van der Waals surface area contributed by atoms with Gasteiger partial charge in [-0.1, -0.05) is 35.4 Å². The number of carbonyl (C=O) groups excluding carboxylic acids is 2. The van der Waals surface area contributed by atoms with Crippen molar-refractivity contribution in [3.63, 3.8) is 0 Å². The molecule has 22 heavy (non-hydrogen) atoms. The van der Waals surface area contributed by atoms with Crippen LogP contribution >= 0.6 is 0 Å². The van der Waals surface area contributed by atoms with E-state index in [2.05, 4.69) is 15.0 Å². The Morgan fingerprint density at radius 1 is 1.32 bits per heavy atom. The van der Waals surface area contributed by atoms with Crippen molar-refractivity contribution in [1.82, 2.24) is 4.98 Å². The van der Waals surface area contributed by atoms with E-state index < -0.39 is 12.7 Å². The molecule has 0 saturated carbocycles. The maximum absolute atomic E-state index is 12.2. The second-order valence-corrected chi connectivity index (χ2v) is 4.17. The third-order valence-corrected chi connectivity index (χ3v) is 2.77. The fourth-order valence-electron chi connectivity index (χ4n) is 1.75. The lowest BCUT2D eigenvalue weighted by Crippen LogP contribution is -2.44. The van der Waals surface area contributed by atoms with Gasteiger partial charge in [-0.25, -0.2) is 4.79 Å². The highest BCUT2D eigenvalue weighted by Crippen LogP contribution is 2.01. The summed E-state index contributed by atoms with van der Waals surface area (Å²) in [5.41, 5.74) is 8.79. The molecule has 0 spiro atoms. The number of ether oxygens (including phenoxy) is 1. The Bertz CT molecular complexity index is 726. The highest BCUT2D eigenvalue weighted by molar-refractivity contribution is 5.95. The number of aromatic nitrogens is 2. The molecule has 0 aliphatic rings. The van der Waals surface area contributed by atoms with Crippen LogP contribution in [0, 0.1) is 0 Å². The van der Waals surface area contributed by atoms with E-state index in [-0.39, 0.29) is 18.0 Å². The van der Waals surface area contributed by atoms with Crippen molar-refractivity contribution in [2.75, 3.05) is 6.73 Å². The summed E-state index contributed by atoms with van der Waals surface area (Å²) in [4.78, 5) is 30.4. The average molecular weight is 298 g/mol. The first-order valence-corrected chi connectivity index (χ1v) is 6.32. The number of benzene rings is 1. The number of hydrogen-bond acceptors (Lipinski definition) is 5. The predicted molar refractivity (Wildman–Crippen MR) is 74.6 cm³/mol. The van der Waals surface area contributed by atoms with Crippen LogP contribution in [-0.4, -0.2) is 23.5 Å². The van der Waals surface area contributed by atoms with Gasteiger partial charge in [-0.05, 0) is 5.53 Å². The minimum atomic E-state index is -0.721. The molecule has 1 aromatic heterocycles. The molecule has 2 aromatic rings. The first kappa shape index (κ1) is 15.1. The van der Waals surface area contributed by atoms with Crippen LogP contribution in [0.5, 0.6) is 0 Å². The summed E-state index contributed by atoms with van der Waals surface area (Å²) in [7, 11) is 0. The van der Waals surface area contributed by atoms with Crippen molar-refractivity contribution in [2.24, 2.45) is 5.11 Å². The largest absolute Gasteiger partial charge is 0.452 e. The van der Waals surface area contributed by atoms with Crippen molar-refractivity contribution in [1.29, 1.82) is 0 Å². The quantitative estimate of drug-likeness (QED) is 0.202. The molecule has 0 amide bonds. The molecule has 0 atom stereocenters. The molecular weight excluding hydrogens is 286 g/mol. The standard InChI is InChI=1S/C14H12N5O3/c15-18-17-10-22-14(21)12-8-16-6-7-19(12)9-13(20)11-4-2-1-3-5-11/h1-8H,9-10H2/q+1. The summed E-state index contributed by atoms with van der Waals surface area (Å²) in [5, 5.41) is 3.12. The van der Waals surface area contributed by atoms with Crippen LogP contribution in [0.4, 0.5) is 0 Å². The smallest absolute Gasteiger partial charge is 0.405 e. The second-order valence-electron chi connectivity index (χ2n) is 4.17. The van der Waals surface area contributed by atoms with Gasteiger partial charge in [0.2, 0.25) is 12.3 Å². The lowest BCUT2D eigenvalue weighted by atomic mass is 10.1. The zero-order valence-electron chi connectivity index (χ0n) is 11.5. The van der Waals surface area contributed by atoms with Crippen molar-refractivity contribution in [3.05, 3.63) is 70.6 Å². The van der Waals surface area contributed by atoms with Gasteiger partial charge >= 0.3 is 11.7 Å². The van der Waals surface area contributed by atoms with E-state index >= 15 is 0 Å². The Labute approximate surface area is 125 Å². The third-order valence-electron chi connectivity index (χ3n) is 2.77. The third kappa shape index (κ3) is 3.87. The van der Waals surface area contributed by atoms with Crippen molar-refractivity contribution < 1.29 is 18.9 Å². The summed E-state index contributed by atoms with van der Waals surface area (Å²) < 4.78 is 6.20. The highest BCUT2D eigenvalue weighted by atomic mass is 16.5. The number of hydrogen-bond donors (Lipinski definition) is 0. The molecule has 0 aliphatic heterocycles. The minimum absolute atomic E-state index is 0.0293. The van der Waals surface area contributed by atoms with E-state index in [1.807, 2.05) is 6.07 Å². The first-order valence-electron chi connectivity index (χ1n) is 6.32. The van der Waals surface area contributed by atoms with Crippen LogP contribution in [0.25, 0.3) is 10.4 Å². The number of rotatable bonds is 6. The Balaban J connectivity index is 2.16. The van der Waals surface area contributed by atoms with E-state index in [0.717, 1.165) is 0 Å². The first-order chi connectivity index (χ1) is 10.7. The van der Waals surface area contributed by atoms with Gasteiger partial charge in [-0.3, -0.25) is 9.78 Å². The maximum atomic E-state index is 12.2. The molecule has 2 rings (SSSR count). The normalized spacial score (nSPS) is 9.64. The van der Waals surface area contributed by atoms with Crippen LogP contribution in [0.3, 0.4) is 0 Å². The summed E-state index contributed by atoms with van der Waals surface area (Å²) in [6.07, 6.45) is 4.25. The molecule has 8 nitrogen and oxygen atoms in total. The maximum Gasteiger partial charge on any atom is 0.405 e. The molecule has 0 unspecified atom stereocenters. The van der Waals surface area contributed by atoms with Crippen molar-refractivity contribution >= 4 is 11.8 Å². The molecule has 0 bridgehead atoms. The van der Waals surface area contributed by atoms with E-state index in [0.29, 0.717) is 5.56 Å². The molecule has 0 saturated heterocycles. The van der Waals surface area contributed by atoms with E-state index in [4.69, 9.17) is 10.3 Å². The van der Waals surface area contributed by atoms with Gasteiger partial charge < -0.3 is 4.74 Å². The fourth-order valence-corrected chi connectivity index (χ4v) is 1.75. The Morgan fingerprint density at radius 3 is 2.82 bits per heavy atom. The van der Waals surface area contributed by atoms with Crippen LogP contribution in [-0.2, 0) is 11.3 Å². The summed E-state index contributed by atoms with van der Waals surface area (Å²) in [5.74, 6) is -0.873. The molecule has 0 fully saturated rings. The van der Waals surface area contributed by atoms with Crippen molar-refractivity contribution in [2.45, 2.75) is 6.54 Å². The predicted octanol–water partition coefficient (Wildman–Crippen LogP) is 1.68. The minimum Gasteiger partial charge on any atom is -0.452 e. The Hall–Kier alpha value is -3.25. The number of azide groups is 1. The number of esters is 1. The van der Waals surface area contributed by atoms with Gasteiger partial charge in [0.1, 0.15) is 6.20 Å². The average Bonchev–Trinajstić information content (AvgIpc) is 2.56. The summed E-state index contributed by atoms with van der Waals surface area (Å²) in [6, 6.07) is 8.74. The molecular formula is C14H12N5O3+. The SMILES string of the molecule is [N-]=[N+]=NCOC(=O)c1cncc[n+]1CC(=O)c1ccccc1. The number of ketones is 1. The van der Waals surface area contributed by atoms with Gasteiger partial charge in [0, 0.05) is 10.5 Å². The molecule has 1 aromatic carbocycles. The second kappa shape index (κ2) is 7.51. The lowest BCUT2D eigenvalue weighted by molar-refractivity contribution is -0.686. The molecule has 0 radical (unpaired) electrons. The van der Waals surface area contributed by atoms with Gasteiger partial charge in [0.15, 0.2) is 12.9 Å². The van der Waals surface area contributed by atoms with Crippen LogP contribution in [0.15, 0.2) is 54.0 Å². The zero-order chi connectivity index (χ0) is 15.8. The molecule has 0 aliphatic carbocycles. The summed E-state index contributed by atoms with van der Waals surface area (Å²) in [6.45, 7) is -0.449. The zero-order valence-corrected chi connectivity index (χ0v) is 11.5. The molecule has 8 heteroatoms. The van der Waals surface area contributed by atoms with E-state index in [9.17, 15) is 9.59 Å². The van der Waals surface area contributed by atoms with Gasteiger partial charge in [-0.15, -0.1) is 0 Å². The van der Waals surface area contributed by atoms with Crippen LogP contribution in [0.1, 0.15) is 20.8 Å². The topological polar surface area (TPSA) is 109 Å². The molecule has 0 N–H and O–H groups in total. The highest BCUT2D eigenvalue weighted by Gasteiger charge is 2.23. The monoisotopic (exact) mass is 298 g/mol. The van der Waals surface area contributed by atoms with Crippen LogP contribution < -0.4 is 4.57 Å².